The molecule has 0 saturated carbocycles. The second-order valence-electron chi connectivity index (χ2n) is 8.12. The quantitative estimate of drug-likeness (QED) is 0.429. The number of hydrogen-bond donors (Lipinski definition) is 2. The predicted molar refractivity (Wildman–Crippen MR) is 122 cm³/mol. The fraction of sp³-hybridized carbons (Fsp3) is 0.435. The topological polar surface area (TPSA) is 79.7 Å². The van der Waals surface area contributed by atoms with Gasteiger partial charge in [0.2, 0.25) is 0 Å². The lowest BCUT2D eigenvalue weighted by Gasteiger charge is -2.24. The van der Waals surface area contributed by atoms with Crippen LogP contribution in [0.2, 0.25) is 0 Å². The summed E-state index contributed by atoms with van der Waals surface area (Å²) in [6.45, 7) is 5.98. The van der Waals surface area contributed by atoms with E-state index in [4.69, 9.17) is 9.51 Å². The van der Waals surface area contributed by atoms with Crippen LogP contribution in [0.5, 0.6) is 0 Å². The zero-order chi connectivity index (χ0) is 21.5. The Bertz CT molecular complexity index is 1120. The van der Waals surface area contributed by atoms with E-state index in [1.54, 1.807) is 11.3 Å². The van der Waals surface area contributed by atoms with Crippen molar-refractivity contribution in [2.45, 2.75) is 65.4 Å². The minimum Gasteiger partial charge on any atom is -0.303 e. The number of aromatic nitrogens is 1. The third-order valence-corrected chi connectivity index (χ3v) is 7.52. The molecule has 1 atom stereocenters. The minimum absolute atomic E-state index is 0.518. The van der Waals surface area contributed by atoms with Gasteiger partial charge < -0.3 is 9.79 Å². The summed E-state index contributed by atoms with van der Waals surface area (Å²) >= 11 is 1.77. The van der Waals surface area contributed by atoms with Crippen molar-refractivity contribution in [3.63, 3.8) is 0 Å². The lowest BCUT2D eigenvalue weighted by molar-refractivity contribution is 0.126. The van der Waals surface area contributed by atoms with Crippen LogP contribution in [-0.2, 0) is 21.9 Å². The molecule has 1 unspecified atom stereocenters. The fourth-order valence-corrected chi connectivity index (χ4v) is 6.37. The Balaban J connectivity index is 2.05. The van der Waals surface area contributed by atoms with Crippen LogP contribution in [0.1, 0.15) is 66.0 Å². The maximum absolute atomic E-state index is 11.8. The van der Waals surface area contributed by atoms with Crippen molar-refractivity contribution in [3.05, 3.63) is 51.5 Å². The molecule has 0 fully saturated rings. The van der Waals surface area contributed by atoms with Crippen LogP contribution in [0.4, 0.5) is 0 Å². The molecular weight excluding hydrogens is 417 g/mol. The number of phosphoric acid groups is 1. The van der Waals surface area contributed by atoms with Gasteiger partial charge in [-0.05, 0) is 62.6 Å². The minimum atomic E-state index is -4.65. The Hall–Kier alpha value is -1.56. The molecule has 0 saturated heterocycles. The number of pyridine rings is 1. The van der Waals surface area contributed by atoms with Gasteiger partial charge in [0.15, 0.2) is 0 Å². The summed E-state index contributed by atoms with van der Waals surface area (Å²) in [5.74, 6) is 0. The lowest BCUT2D eigenvalue weighted by atomic mass is 9.87. The van der Waals surface area contributed by atoms with E-state index in [-0.39, 0.29) is 0 Å². The SMILES string of the molecule is CCCC(OP(=O)(O)O)c1c(C)nc2sc3c(c2c1-c1ccc(C)cc1)CCCC3. The summed E-state index contributed by atoms with van der Waals surface area (Å²) in [6, 6.07) is 8.36. The molecule has 4 rings (SSSR count). The average Bonchev–Trinajstić information content (AvgIpc) is 3.04. The summed E-state index contributed by atoms with van der Waals surface area (Å²) in [5.41, 5.74) is 6.20. The van der Waals surface area contributed by atoms with E-state index in [0.717, 1.165) is 58.3 Å². The van der Waals surface area contributed by atoms with Crippen LogP contribution >= 0.6 is 19.2 Å². The van der Waals surface area contributed by atoms with Crippen molar-refractivity contribution in [1.29, 1.82) is 0 Å². The highest BCUT2D eigenvalue weighted by molar-refractivity contribution is 7.46. The first kappa shape index (κ1) is 21.7. The highest BCUT2D eigenvalue weighted by atomic mass is 32.1. The first-order chi connectivity index (χ1) is 14.3. The molecule has 2 heterocycles. The molecule has 1 aromatic carbocycles. The van der Waals surface area contributed by atoms with E-state index < -0.39 is 13.9 Å². The normalized spacial score (nSPS) is 15.4. The van der Waals surface area contributed by atoms with E-state index in [0.29, 0.717) is 6.42 Å². The highest BCUT2D eigenvalue weighted by Crippen LogP contribution is 2.50. The second kappa shape index (κ2) is 8.52. The Labute approximate surface area is 181 Å². The Kier molecular flexibility index (Phi) is 6.16. The van der Waals surface area contributed by atoms with Gasteiger partial charge in [-0.25, -0.2) is 9.55 Å². The average molecular weight is 446 g/mol. The summed E-state index contributed by atoms with van der Waals surface area (Å²) < 4.78 is 17.1. The number of aryl methyl sites for hydroxylation is 4. The van der Waals surface area contributed by atoms with Crippen molar-refractivity contribution < 1.29 is 18.9 Å². The van der Waals surface area contributed by atoms with Gasteiger partial charge in [0.25, 0.3) is 0 Å². The molecule has 5 nitrogen and oxygen atoms in total. The van der Waals surface area contributed by atoms with Crippen molar-refractivity contribution in [1.82, 2.24) is 4.98 Å². The zero-order valence-electron chi connectivity index (χ0n) is 17.6. The summed E-state index contributed by atoms with van der Waals surface area (Å²) in [6.07, 6.45) is 5.02. The highest BCUT2D eigenvalue weighted by Gasteiger charge is 2.30. The van der Waals surface area contributed by atoms with E-state index in [1.807, 2.05) is 13.8 Å². The van der Waals surface area contributed by atoms with Gasteiger partial charge in [-0.15, -0.1) is 11.3 Å². The van der Waals surface area contributed by atoms with Gasteiger partial charge in [-0.3, -0.25) is 4.52 Å². The molecular formula is C23H28NO4PS. The van der Waals surface area contributed by atoms with Gasteiger partial charge in [-0.2, -0.15) is 0 Å². The molecule has 0 amide bonds. The number of rotatable bonds is 6. The molecule has 1 aliphatic rings. The number of phosphoric ester groups is 1. The van der Waals surface area contributed by atoms with Crippen molar-refractivity contribution in [3.8, 4) is 11.1 Å². The largest absolute Gasteiger partial charge is 0.470 e. The smallest absolute Gasteiger partial charge is 0.303 e. The third kappa shape index (κ3) is 4.25. The second-order valence-corrected chi connectivity index (χ2v) is 10.4. The van der Waals surface area contributed by atoms with Crippen LogP contribution < -0.4 is 0 Å². The van der Waals surface area contributed by atoms with Gasteiger partial charge in [-0.1, -0.05) is 43.2 Å². The zero-order valence-corrected chi connectivity index (χ0v) is 19.4. The number of thiophene rings is 1. The van der Waals surface area contributed by atoms with Gasteiger partial charge in [0, 0.05) is 21.5 Å². The first-order valence-corrected chi connectivity index (χ1v) is 12.9. The summed E-state index contributed by atoms with van der Waals surface area (Å²) in [7, 11) is -4.65. The maximum atomic E-state index is 11.8. The van der Waals surface area contributed by atoms with Crippen molar-refractivity contribution >= 4 is 29.4 Å². The number of hydrogen-bond acceptors (Lipinski definition) is 4. The molecule has 0 aliphatic heterocycles. The van der Waals surface area contributed by atoms with Crippen LogP contribution in [-0.4, -0.2) is 14.8 Å². The number of benzene rings is 1. The Morgan fingerprint density at radius 1 is 1.17 bits per heavy atom. The molecule has 160 valence electrons. The molecule has 0 bridgehead atoms. The van der Waals surface area contributed by atoms with Gasteiger partial charge in [0.05, 0.1) is 6.10 Å². The Morgan fingerprint density at radius 2 is 1.87 bits per heavy atom. The number of fused-ring (bicyclic) bond motifs is 3. The monoisotopic (exact) mass is 445 g/mol. The molecule has 2 N–H and O–H groups in total. The van der Waals surface area contributed by atoms with Crippen LogP contribution in [0.15, 0.2) is 24.3 Å². The van der Waals surface area contributed by atoms with Gasteiger partial charge in [0.1, 0.15) is 4.83 Å². The predicted octanol–water partition coefficient (Wildman–Crippen LogP) is 6.41. The van der Waals surface area contributed by atoms with E-state index in [2.05, 4.69) is 31.2 Å². The molecule has 3 aromatic rings. The van der Waals surface area contributed by atoms with Crippen molar-refractivity contribution in [2.75, 3.05) is 0 Å². The van der Waals surface area contributed by atoms with Gasteiger partial charge >= 0.3 is 7.82 Å². The standard InChI is InChI=1S/C23H28NO4PS/c1-4-7-18(28-29(25,26)27)20-15(3)24-23-22(17-8-5-6-9-19(17)30-23)21(20)16-12-10-14(2)11-13-16/h10-13,18H,4-9H2,1-3H3,(H2,25,26,27). The van der Waals surface area contributed by atoms with Crippen LogP contribution in [0.3, 0.4) is 0 Å². The van der Waals surface area contributed by atoms with E-state index >= 15 is 0 Å². The molecule has 1 aliphatic carbocycles. The van der Waals surface area contributed by atoms with E-state index in [9.17, 15) is 14.4 Å². The van der Waals surface area contributed by atoms with Crippen LogP contribution in [0, 0.1) is 13.8 Å². The Morgan fingerprint density at radius 3 is 2.53 bits per heavy atom. The fourth-order valence-electron chi connectivity index (χ4n) is 4.51. The molecule has 7 heteroatoms. The molecule has 30 heavy (non-hydrogen) atoms. The van der Waals surface area contributed by atoms with Crippen molar-refractivity contribution in [2.24, 2.45) is 0 Å². The maximum Gasteiger partial charge on any atom is 0.470 e. The van der Waals surface area contributed by atoms with Crippen LogP contribution in [0.25, 0.3) is 21.3 Å². The third-order valence-electron chi connectivity index (χ3n) is 5.81. The summed E-state index contributed by atoms with van der Waals surface area (Å²) in [5, 5.41) is 1.15. The first-order valence-electron chi connectivity index (χ1n) is 10.5. The molecule has 2 aromatic heterocycles. The molecule has 0 spiro atoms. The number of nitrogens with zero attached hydrogens (tertiary/aromatic N) is 1. The molecule has 0 radical (unpaired) electrons. The van der Waals surface area contributed by atoms with E-state index in [1.165, 1.54) is 22.4 Å². The summed E-state index contributed by atoms with van der Waals surface area (Å²) in [4.78, 5) is 26.5. The lowest BCUT2D eigenvalue weighted by Crippen LogP contribution is -2.09.